The summed E-state index contributed by atoms with van der Waals surface area (Å²) >= 11 is 0. The number of carbonyl (C=O) groups excluding carboxylic acids is 1. The molecule has 0 saturated carbocycles. The number of carbonyl (C=O) groups is 1. The lowest BCUT2D eigenvalue weighted by molar-refractivity contribution is -0.153. The predicted octanol–water partition coefficient (Wildman–Crippen LogP) is 2.33. The normalized spacial score (nSPS) is 11.8. The minimum Gasteiger partial charge on any atom is -0.482 e. The number of halogens is 3. The second-order valence-corrected chi connectivity index (χ2v) is 3.72. The van der Waals surface area contributed by atoms with Crippen LogP contribution in [0.15, 0.2) is 18.5 Å². The lowest BCUT2D eigenvalue weighted by Gasteiger charge is -2.10. The molecule has 0 unspecified atom stereocenters. The molecule has 0 aromatic carbocycles. The molecule has 7 heteroatoms. The molecule has 2 heterocycles. The Morgan fingerprint density at radius 2 is 2.22 bits per heavy atom. The standard InChI is InChI=1S/C11H9F3N2O2/c1-16-4-7(5-17)9-10(16)8(2-3-15-9)18-6-11(12,13)14/h2-5H,6H2,1H3. The number of ether oxygens (including phenoxy) is 1. The fraction of sp³-hybridized carbons (Fsp3) is 0.273. The number of aryl methyl sites for hydroxylation is 1. The zero-order valence-corrected chi connectivity index (χ0v) is 9.36. The van der Waals surface area contributed by atoms with Gasteiger partial charge in [-0.2, -0.15) is 13.2 Å². The molecule has 2 rings (SSSR count). The van der Waals surface area contributed by atoms with E-state index in [2.05, 4.69) is 4.98 Å². The molecule has 0 aliphatic carbocycles. The Labute approximate surface area is 100.0 Å². The lowest BCUT2D eigenvalue weighted by Crippen LogP contribution is -2.19. The smallest absolute Gasteiger partial charge is 0.422 e. The van der Waals surface area contributed by atoms with Gasteiger partial charge in [-0.05, 0) is 0 Å². The summed E-state index contributed by atoms with van der Waals surface area (Å²) in [6.45, 7) is -1.38. The van der Waals surface area contributed by atoms with Crippen molar-refractivity contribution in [2.45, 2.75) is 6.18 Å². The zero-order chi connectivity index (χ0) is 13.3. The Kier molecular flexibility index (Phi) is 2.98. The summed E-state index contributed by atoms with van der Waals surface area (Å²) in [7, 11) is 1.61. The van der Waals surface area contributed by atoms with Crippen LogP contribution in [0.2, 0.25) is 0 Å². The Bertz CT molecular complexity index is 590. The van der Waals surface area contributed by atoms with E-state index in [0.29, 0.717) is 22.9 Å². The molecule has 4 nitrogen and oxygen atoms in total. The minimum atomic E-state index is -4.41. The third-order valence-corrected chi connectivity index (χ3v) is 2.36. The van der Waals surface area contributed by atoms with Crippen LogP contribution >= 0.6 is 0 Å². The van der Waals surface area contributed by atoms with E-state index in [1.165, 1.54) is 23.0 Å². The van der Waals surface area contributed by atoms with Crippen molar-refractivity contribution in [3.63, 3.8) is 0 Å². The highest BCUT2D eigenvalue weighted by Gasteiger charge is 2.29. The summed E-state index contributed by atoms with van der Waals surface area (Å²) in [6, 6.07) is 1.34. The highest BCUT2D eigenvalue weighted by Crippen LogP contribution is 2.28. The van der Waals surface area contributed by atoms with Gasteiger partial charge in [-0.15, -0.1) is 0 Å². The molecule has 0 aliphatic heterocycles. The first-order chi connectivity index (χ1) is 8.42. The molecule has 2 aromatic heterocycles. The summed E-state index contributed by atoms with van der Waals surface area (Å²) in [4.78, 5) is 14.8. The number of pyridine rings is 1. The van der Waals surface area contributed by atoms with Crippen molar-refractivity contribution < 1.29 is 22.7 Å². The van der Waals surface area contributed by atoms with E-state index in [1.807, 2.05) is 0 Å². The molecule has 0 bridgehead atoms. The molecule has 0 atom stereocenters. The second-order valence-electron chi connectivity index (χ2n) is 3.72. The zero-order valence-electron chi connectivity index (χ0n) is 9.36. The topological polar surface area (TPSA) is 44.1 Å². The van der Waals surface area contributed by atoms with Crippen molar-refractivity contribution in [1.29, 1.82) is 0 Å². The third kappa shape index (κ3) is 2.29. The highest BCUT2D eigenvalue weighted by atomic mass is 19.4. The molecule has 0 amide bonds. The van der Waals surface area contributed by atoms with E-state index in [9.17, 15) is 18.0 Å². The Morgan fingerprint density at radius 3 is 2.83 bits per heavy atom. The molecule has 0 N–H and O–H groups in total. The highest BCUT2D eigenvalue weighted by molar-refractivity contribution is 5.97. The maximum Gasteiger partial charge on any atom is 0.422 e. The van der Waals surface area contributed by atoms with E-state index in [-0.39, 0.29) is 5.75 Å². The number of rotatable bonds is 3. The minimum absolute atomic E-state index is 0.0490. The van der Waals surface area contributed by atoms with Crippen LogP contribution in [0.25, 0.3) is 11.0 Å². The van der Waals surface area contributed by atoms with Gasteiger partial charge in [0, 0.05) is 25.5 Å². The van der Waals surface area contributed by atoms with Gasteiger partial charge in [0.1, 0.15) is 16.8 Å². The summed E-state index contributed by atoms with van der Waals surface area (Å²) in [6.07, 6.45) is -1.01. The molecule has 0 saturated heterocycles. The van der Waals surface area contributed by atoms with Crippen LogP contribution < -0.4 is 4.74 Å². The van der Waals surface area contributed by atoms with Gasteiger partial charge in [-0.25, -0.2) is 0 Å². The van der Waals surface area contributed by atoms with Gasteiger partial charge in [-0.1, -0.05) is 0 Å². The van der Waals surface area contributed by atoms with Gasteiger partial charge < -0.3 is 9.30 Å². The van der Waals surface area contributed by atoms with Gasteiger partial charge >= 0.3 is 6.18 Å². The maximum absolute atomic E-state index is 12.1. The Morgan fingerprint density at radius 1 is 1.50 bits per heavy atom. The van der Waals surface area contributed by atoms with Crippen LogP contribution in [0.1, 0.15) is 10.4 Å². The summed E-state index contributed by atoms with van der Waals surface area (Å²) in [5.74, 6) is 0.0490. The van der Waals surface area contributed by atoms with Gasteiger partial charge in [0.15, 0.2) is 12.9 Å². The molecule has 18 heavy (non-hydrogen) atoms. The number of fused-ring (bicyclic) bond motifs is 1. The molecule has 0 aliphatic rings. The maximum atomic E-state index is 12.1. The molecule has 0 spiro atoms. The van der Waals surface area contributed by atoms with Crippen molar-refractivity contribution in [2.24, 2.45) is 7.05 Å². The molecule has 0 fully saturated rings. The summed E-state index contributed by atoms with van der Waals surface area (Å²) < 4.78 is 42.6. The van der Waals surface area contributed by atoms with Gasteiger partial charge in [0.05, 0.1) is 5.56 Å². The van der Waals surface area contributed by atoms with Gasteiger partial charge in [0.25, 0.3) is 0 Å². The fourth-order valence-electron chi connectivity index (χ4n) is 1.69. The molecule has 0 radical (unpaired) electrons. The number of hydrogen-bond donors (Lipinski definition) is 0. The monoisotopic (exact) mass is 258 g/mol. The number of aromatic nitrogens is 2. The van der Waals surface area contributed by atoms with E-state index < -0.39 is 12.8 Å². The van der Waals surface area contributed by atoms with Crippen molar-refractivity contribution in [2.75, 3.05) is 6.61 Å². The Hall–Kier alpha value is -2.05. The Balaban J connectivity index is 2.45. The lowest BCUT2D eigenvalue weighted by atomic mass is 10.3. The van der Waals surface area contributed by atoms with Crippen LogP contribution in [-0.4, -0.2) is 28.6 Å². The van der Waals surface area contributed by atoms with E-state index in [0.717, 1.165) is 0 Å². The van der Waals surface area contributed by atoms with E-state index in [4.69, 9.17) is 4.74 Å². The molecular formula is C11H9F3N2O2. The van der Waals surface area contributed by atoms with Gasteiger partial charge in [0.2, 0.25) is 0 Å². The van der Waals surface area contributed by atoms with Crippen molar-refractivity contribution in [1.82, 2.24) is 9.55 Å². The van der Waals surface area contributed by atoms with Crippen LogP contribution in [-0.2, 0) is 7.05 Å². The average molecular weight is 258 g/mol. The van der Waals surface area contributed by atoms with E-state index in [1.54, 1.807) is 7.05 Å². The fourth-order valence-corrected chi connectivity index (χ4v) is 1.69. The van der Waals surface area contributed by atoms with Gasteiger partial charge in [-0.3, -0.25) is 9.78 Å². The molecule has 2 aromatic rings. The second kappa shape index (κ2) is 4.32. The van der Waals surface area contributed by atoms with Crippen LogP contribution in [0.4, 0.5) is 13.2 Å². The van der Waals surface area contributed by atoms with Crippen LogP contribution in [0, 0.1) is 0 Å². The van der Waals surface area contributed by atoms with Crippen molar-refractivity contribution in [3.05, 3.63) is 24.0 Å². The summed E-state index contributed by atoms with van der Waals surface area (Å²) in [5, 5.41) is 0. The van der Waals surface area contributed by atoms with Crippen LogP contribution in [0.5, 0.6) is 5.75 Å². The quantitative estimate of drug-likeness (QED) is 0.793. The largest absolute Gasteiger partial charge is 0.482 e. The first-order valence-electron chi connectivity index (χ1n) is 5.01. The first kappa shape index (κ1) is 12.4. The number of nitrogens with zero attached hydrogens (tertiary/aromatic N) is 2. The predicted molar refractivity (Wildman–Crippen MR) is 57.7 cm³/mol. The third-order valence-electron chi connectivity index (χ3n) is 2.36. The van der Waals surface area contributed by atoms with Crippen molar-refractivity contribution >= 4 is 17.3 Å². The molecule has 96 valence electrons. The average Bonchev–Trinajstić information content (AvgIpc) is 2.63. The number of aldehydes is 1. The van der Waals surface area contributed by atoms with Crippen LogP contribution in [0.3, 0.4) is 0 Å². The number of alkyl halides is 3. The first-order valence-corrected chi connectivity index (χ1v) is 5.01. The van der Waals surface area contributed by atoms with E-state index >= 15 is 0 Å². The number of hydrogen-bond acceptors (Lipinski definition) is 3. The van der Waals surface area contributed by atoms with Crippen molar-refractivity contribution in [3.8, 4) is 5.75 Å². The SMILES string of the molecule is Cn1cc(C=O)c2nccc(OCC(F)(F)F)c21. The summed E-state index contributed by atoms with van der Waals surface area (Å²) in [5.41, 5.74) is 1.00. The molecular weight excluding hydrogens is 249 g/mol.